The Balaban J connectivity index is 1.56. The molecular formula is C14H17N3O4S. The van der Waals surface area contributed by atoms with Crippen LogP contribution in [0.1, 0.15) is 35.9 Å². The third kappa shape index (κ3) is 3.27. The van der Waals surface area contributed by atoms with E-state index in [9.17, 15) is 9.59 Å². The Labute approximate surface area is 131 Å². The second-order valence-corrected chi connectivity index (χ2v) is 6.32. The number of thiazole rings is 1. The van der Waals surface area contributed by atoms with Crippen molar-refractivity contribution in [3.05, 3.63) is 16.1 Å². The number of amides is 1. The van der Waals surface area contributed by atoms with E-state index in [0.29, 0.717) is 43.4 Å². The maximum absolute atomic E-state index is 12.2. The van der Waals surface area contributed by atoms with E-state index in [1.807, 2.05) is 10.3 Å². The lowest BCUT2D eigenvalue weighted by Crippen LogP contribution is -2.41. The van der Waals surface area contributed by atoms with Crippen molar-refractivity contribution < 1.29 is 19.5 Å². The number of carboxylic acids is 1. The summed E-state index contributed by atoms with van der Waals surface area (Å²) in [6, 6.07) is 0. The highest BCUT2D eigenvalue weighted by Crippen LogP contribution is 2.30. The van der Waals surface area contributed by atoms with Gasteiger partial charge in [0.25, 0.3) is 5.91 Å². The standard InChI is InChI=1S/C14H17N3O4S/c18-12(19)7-10-8-22-13(15-10)9-1-4-17(5-2-9)14(20)11-3-6-21-16-11/h8-9H,1-7H2,(H,18,19). The number of nitrogens with zero attached hydrogens (tertiary/aromatic N) is 3. The molecule has 0 aliphatic carbocycles. The van der Waals surface area contributed by atoms with Crippen LogP contribution < -0.4 is 0 Å². The minimum absolute atomic E-state index is 0.0262. The van der Waals surface area contributed by atoms with Crippen molar-refractivity contribution in [3.63, 3.8) is 0 Å². The fourth-order valence-electron chi connectivity index (χ4n) is 2.72. The summed E-state index contributed by atoms with van der Waals surface area (Å²) in [5.74, 6) is -0.586. The number of likely N-dealkylation sites (tertiary alicyclic amines) is 1. The van der Waals surface area contributed by atoms with Gasteiger partial charge in [0.1, 0.15) is 12.3 Å². The van der Waals surface area contributed by atoms with Gasteiger partial charge in [-0.25, -0.2) is 4.98 Å². The molecule has 3 heterocycles. The second-order valence-electron chi connectivity index (χ2n) is 5.44. The van der Waals surface area contributed by atoms with E-state index in [0.717, 1.165) is 17.8 Å². The molecule has 3 rings (SSSR count). The average Bonchev–Trinajstić information content (AvgIpc) is 3.17. The molecule has 0 unspecified atom stereocenters. The Morgan fingerprint density at radius 3 is 2.82 bits per heavy atom. The molecule has 22 heavy (non-hydrogen) atoms. The summed E-state index contributed by atoms with van der Waals surface area (Å²) >= 11 is 1.51. The van der Waals surface area contributed by atoms with Crippen LogP contribution in [-0.4, -0.2) is 52.3 Å². The number of aromatic nitrogens is 1. The molecule has 2 aliphatic heterocycles. The first-order chi connectivity index (χ1) is 10.6. The SMILES string of the molecule is O=C(O)Cc1csc(C2CCN(C(=O)C3=NOCC3)CC2)n1. The number of carbonyl (C=O) groups is 2. The van der Waals surface area contributed by atoms with E-state index in [1.54, 1.807) is 0 Å². The zero-order valence-electron chi connectivity index (χ0n) is 12.0. The third-order valence-electron chi connectivity index (χ3n) is 3.89. The summed E-state index contributed by atoms with van der Waals surface area (Å²) in [6.07, 6.45) is 2.25. The Bertz CT molecular complexity index is 605. The van der Waals surface area contributed by atoms with Crippen molar-refractivity contribution in [2.75, 3.05) is 19.7 Å². The van der Waals surface area contributed by atoms with E-state index < -0.39 is 5.97 Å². The number of carbonyl (C=O) groups excluding carboxylic acids is 1. The first-order valence-corrected chi connectivity index (χ1v) is 8.15. The molecule has 1 amide bonds. The molecule has 2 aliphatic rings. The molecule has 1 N–H and O–H groups in total. The molecule has 8 heteroatoms. The van der Waals surface area contributed by atoms with Gasteiger partial charge in [-0.05, 0) is 12.8 Å². The molecule has 0 atom stereocenters. The molecule has 0 aromatic carbocycles. The quantitative estimate of drug-likeness (QED) is 0.900. The summed E-state index contributed by atoms with van der Waals surface area (Å²) < 4.78 is 0. The largest absolute Gasteiger partial charge is 0.481 e. The molecule has 7 nitrogen and oxygen atoms in total. The Hall–Kier alpha value is -1.96. The number of piperidine rings is 1. The topological polar surface area (TPSA) is 92.1 Å². The number of hydrogen-bond donors (Lipinski definition) is 1. The molecule has 118 valence electrons. The molecular weight excluding hydrogens is 306 g/mol. The maximum Gasteiger partial charge on any atom is 0.309 e. The van der Waals surface area contributed by atoms with Gasteiger partial charge in [-0.15, -0.1) is 11.3 Å². The van der Waals surface area contributed by atoms with Crippen LogP contribution >= 0.6 is 11.3 Å². The molecule has 0 radical (unpaired) electrons. The van der Waals surface area contributed by atoms with Crippen LogP contribution in [0.4, 0.5) is 0 Å². The summed E-state index contributed by atoms with van der Waals surface area (Å²) in [5.41, 5.74) is 1.12. The van der Waals surface area contributed by atoms with Crippen LogP contribution in [0.25, 0.3) is 0 Å². The van der Waals surface area contributed by atoms with Crippen LogP contribution in [0.15, 0.2) is 10.5 Å². The molecule has 0 bridgehead atoms. The van der Waals surface area contributed by atoms with Crippen molar-refractivity contribution in [3.8, 4) is 0 Å². The fourth-order valence-corrected chi connectivity index (χ4v) is 3.71. The predicted molar refractivity (Wildman–Crippen MR) is 80.0 cm³/mol. The third-order valence-corrected chi connectivity index (χ3v) is 4.94. The first kappa shape index (κ1) is 15.0. The molecule has 0 saturated carbocycles. The van der Waals surface area contributed by atoms with Crippen LogP contribution in [-0.2, 0) is 20.8 Å². The van der Waals surface area contributed by atoms with Gasteiger partial charge < -0.3 is 14.8 Å². The van der Waals surface area contributed by atoms with E-state index in [1.165, 1.54) is 11.3 Å². The monoisotopic (exact) mass is 323 g/mol. The van der Waals surface area contributed by atoms with Gasteiger partial charge in [-0.2, -0.15) is 0 Å². The highest BCUT2D eigenvalue weighted by Gasteiger charge is 2.29. The van der Waals surface area contributed by atoms with Gasteiger partial charge in [0.2, 0.25) is 0 Å². The Morgan fingerprint density at radius 2 is 2.18 bits per heavy atom. The highest BCUT2D eigenvalue weighted by atomic mass is 32.1. The molecule has 1 fully saturated rings. The molecule has 1 aromatic rings. The van der Waals surface area contributed by atoms with Crippen molar-refractivity contribution >= 4 is 28.9 Å². The summed E-state index contributed by atoms with van der Waals surface area (Å²) in [6.45, 7) is 1.84. The predicted octanol–water partition coefficient (Wildman–Crippen LogP) is 1.25. The normalized spacial score (nSPS) is 18.9. The van der Waals surface area contributed by atoms with Gasteiger partial charge in [0.15, 0.2) is 0 Å². The van der Waals surface area contributed by atoms with Gasteiger partial charge in [0.05, 0.1) is 17.1 Å². The molecule has 0 spiro atoms. The van der Waals surface area contributed by atoms with E-state index in [4.69, 9.17) is 9.94 Å². The molecule has 1 aromatic heterocycles. The minimum Gasteiger partial charge on any atom is -0.481 e. The number of aliphatic carboxylic acids is 1. The van der Waals surface area contributed by atoms with E-state index in [-0.39, 0.29) is 12.3 Å². The van der Waals surface area contributed by atoms with Gasteiger partial charge in [0, 0.05) is 30.8 Å². The highest BCUT2D eigenvalue weighted by molar-refractivity contribution is 7.09. The second kappa shape index (κ2) is 6.43. The van der Waals surface area contributed by atoms with E-state index >= 15 is 0 Å². The van der Waals surface area contributed by atoms with Crippen LogP contribution in [0.3, 0.4) is 0 Å². The number of hydrogen-bond acceptors (Lipinski definition) is 6. The zero-order valence-corrected chi connectivity index (χ0v) is 12.8. The Morgan fingerprint density at radius 1 is 1.41 bits per heavy atom. The van der Waals surface area contributed by atoms with Crippen molar-refractivity contribution in [1.29, 1.82) is 0 Å². The van der Waals surface area contributed by atoms with Gasteiger partial charge in [-0.1, -0.05) is 5.16 Å². The van der Waals surface area contributed by atoms with E-state index in [2.05, 4.69) is 10.1 Å². The fraction of sp³-hybridized carbons (Fsp3) is 0.571. The minimum atomic E-state index is -0.864. The zero-order chi connectivity index (χ0) is 15.5. The first-order valence-electron chi connectivity index (χ1n) is 7.27. The summed E-state index contributed by atoms with van der Waals surface area (Å²) in [5, 5.41) is 15.4. The number of carboxylic acid groups (broad SMARTS) is 1. The van der Waals surface area contributed by atoms with Gasteiger partial charge in [-0.3, -0.25) is 9.59 Å². The number of oxime groups is 1. The Kier molecular flexibility index (Phi) is 4.37. The number of rotatable bonds is 4. The lowest BCUT2D eigenvalue weighted by atomic mass is 9.97. The van der Waals surface area contributed by atoms with Crippen LogP contribution in [0.5, 0.6) is 0 Å². The van der Waals surface area contributed by atoms with Crippen molar-refractivity contribution in [2.24, 2.45) is 5.16 Å². The summed E-state index contributed by atoms with van der Waals surface area (Å²) in [7, 11) is 0. The maximum atomic E-state index is 12.2. The van der Waals surface area contributed by atoms with Crippen molar-refractivity contribution in [2.45, 2.75) is 31.6 Å². The van der Waals surface area contributed by atoms with Gasteiger partial charge >= 0.3 is 5.97 Å². The van der Waals surface area contributed by atoms with Crippen LogP contribution in [0.2, 0.25) is 0 Å². The molecule has 1 saturated heterocycles. The lowest BCUT2D eigenvalue weighted by Gasteiger charge is -2.30. The smallest absolute Gasteiger partial charge is 0.309 e. The summed E-state index contributed by atoms with van der Waals surface area (Å²) in [4.78, 5) is 34.0. The van der Waals surface area contributed by atoms with Crippen molar-refractivity contribution in [1.82, 2.24) is 9.88 Å². The lowest BCUT2D eigenvalue weighted by molar-refractivity contribution is -0.136. The average molecular weight is 323 g/mol. The van der Waals surface area contributed by atoms with Crippen LogP contribution in [0, 0.1) is 0 Å².